The summed E-state index contributed by atoms with van der Waals surface area (Å²) >= 11 is 0. The maximum absolute atomic E-state index is 12.5. The smallest absolute Gasteiger partial charge is 0.356 e. The van der Waals surface area contributed by atoms with E-state index in [0.29, 0.717) is 31.7 Å². The standard InChI is InChI=1S/C14H19F3N4O.ClH/c1-9(18)13(22)20-11-4-6-21(7-5-11)12-3-2-10(8-19-12)14(15,16)17;/h2-3,8-9,11H,4-7,18H2,1H3,(H,20,22);1H. The van der Waals surface area contributed by atoms with Gasteiger partial charge in [-0.05, 0) is 31.9 Å². The first-order valence-electron chi connectivity index (χ1n) is 7.11. The molecule has 0 radical (unpaired) electrons. The average molecular weight is 353 g/mol. The molecule has 1 unspecified atom stereocenters. The van der Waals surface area contributed by atoms with Gasteiger partial charge in [0.2, 0.25) is 5.91 Å². The summed E-state index contributed by atoms with van der Waals surface area (Å²) in [6, 6.07) is 1.91. The molecule has 2 heterocycles. The second-order valence-corrected chi connectivity index (χ2v) is 5.46. The molecular formula is C14H20ClF3N4O. The van der Waals surface area contributed by atoms with E-state index in [1.807, 2.05) is 4.90 Å². The van der Waals surface area contributed by atoms with Crippen LogP contribution in [0.1, 0.15) is 25.3 Å². The number of hydrogen-bond donors (Lipinski definition) is 2. The van der Waals surface area contributed by atoms with Gasteiger partial charge in [-0.25, -0.2) is 4.98 Å². The van der Waals surface area contributed by atoms with Crippen LogP contribution in [0.15, 0.2) is 18.3 Å². The summed E-state index contributed by atoms with van der Waals surface area (Å²) < 4.78 is 37.5. The van der Waals surface area contributed by atoms with Gasteiger partial charge in [-0.1, -0.05) is 0 Å². The summed E-state index contributed by atoms with van der Waals surface area (Å²) in [5, 5.41) is 2.86. The highest BCUT2D eigenvalue weighted by Crippen LogP contribution is 2.29. The monoisotopic (exact) mass is 352 g/mol. The Bertz CT molecular complexity index is 514. The number of rotatable bonds is 3. The minimum Gasteiger partial charge on any atom is -0.356 e. The third-order valence-corrected chi connectivity index (χ3v) is 3.65. The Morgan fingerprint density at radius 1 is 1.39 bits per heavy atom. The van der Waals surface area contributed by atoms with Crippen LogP contribution in [0.3, 0.4) is 0 Å². The van der Waals surface area contributed by atoms with Gasteiger partial charge in [0.05, 0.1) is 11.6 Å². The molecule has 23 heavy (non-hydrogen) atoms. The zero-order valence-electron chi connectivity index (χ0n) is 12.6. The van der Waals surface area contributed by atoms with Gasteiger partial charge in [0.1, 0.15) is 5.82 Å². The van der Waals surface area contributed by atoms with E-state index >= 15 is 0 Å². The molecule has 1 fully saturated rings. The van der Waals surface area contributed by atoms with Crippen molar-refractivity contribution in [1.82, 2.24) is 10.3 Å². The van der Waals surface area contributed by atoms with Crippen LogP contribution in [0.5, 0.6) is 0 Å². The van der Waals surface area contributed by atoms with Crippen molar-refractivity contribution in [2.24, 2.45) is 5.73 Å². The van der Waals surface area contributed by atoms with Crippen LogP contribution in [0.2, 0.25) is 0 Å². The molecule has 0 spiro atoms. The van der Waals surface area contributed by atoms with E-state index in [-0.39, 0.29) is 24.4 Å². The van der Waals surface area contributed by atoms with Crippen LogP contribution in [0, 0.1) is 0 Å². The number of carbonyl (C=O) groups is 1. The van der Waals surface area contributed by atoms with Gasteiger partial charge < -0.3 is 16.0 Å². The van der Waals surface area contributed by atoms with Gasteiger partial charge in [-0.3, -0.25) is 4.79 Å². The number of halogens is 4. The summed E-state index contributed by atoms with van der Waals surface area (Å²) in [5.74, 6) is 0.330. The van der Waals surface area contributed by atoms with Crippen molar-refractivity contribution in [2.75, 3.05) is 18.0 Å². The second kappa shape index (κ2) is 7.83. The molecule has 0 aromatic carbocycles. The van der Waals surface area contributed by atoms with E-state index in [0.717, 1.165) is 12.3 Å². The van der Waals surface area contributed by atoms with Crippen LogP contribution >= 0.6 is 12.4 Å². The molecule has 5 nitrogen and oxygen atoms in total. The lowest BCUT2D eigenvalue weighted by atomic mass is 10.0. The Balaban J connectivity index is 0.00000264. The fourth-order valence-electron chi connectivity index (χ4n) is 2.33. The topological polar surface area (TPSA) is 71.2 Å². The first-order chi connectivity index (χ1) is 10.3. The normalized spacial score (nSPS) is 17.3. The Morgan fingerprint density at radius 3 is 2.43 bits per heavy atom. The quantitative estimate of drug-likeness (QED) is 0.872. The van der Waals surface area contributed by atoms with E-state index in [4.69, 9.17) is 5.73 Å². The fraction of sp³-hybridized carbons (Fsp3) is 0.571. The van der Waals surface area contributed by atoms with E-state index in [2.05, 4.69) is 10.3 Å². The molecule has 130 valence electrons. The number of alkyl halides is 3. The molecule has 1 aromatic heterocycles. The van der Waals surface area contributed by atoms with Crippen LogP contribution in [-0.2, 0) is 11.0 Å². The Labute approximate surface area is 138 Å². The van der Waals surface area contributed by atoms with E-state index < -0.39 is 17.8 Å². The fourth-order valence-corrected chi connectivity index (χ4v) is 2.33. The van der Waals surface area contributed by atoms with E-state index in [1.54, 1.807) is 6.92 Å². The SMILES string of the molecule is CC(N)C(=O)NC1CCN(c2ccc(C(F)(F)F)cn2)CC1.Cl. The Morgan fingerprint density at radius 2 is 2.00 bits per heavy atom. The number of pyridine rings is 1. The molecule has 1 aliphatic heterocycles. The number of anilines is 1. The molecule has 3 N–H and O–H groups in total. The maximum atomic E-state index is 12.5. The maximum Gasteiger partial charge on any atom is 0.417 e. The first-order valence-corrected chi connectivity index (χ1v) is 7.11. The molecule has 1 aliphatic rings. The van der Waals surface area contributed by atoms with Gasteiger partial charge in [-0.15, -0.1) is 12.4 Å². The zero-order chi connectivity index (χ0) is 16.3. The van der Waals surface area contributed by atoms with Gasteiger partial charge in [0.25, 0.3) is 0 Å². The predicted octanol–water partition coefficient (Wildman–Crippen LogP) is 1.95. The minimum atomic E-state index is -4.37. The average Bonchev–Trinajstić information content (AvgIpc) is 2.47. The molecule has 1 saturated heterocycles. The molecule has 1 atom stereocenters. The van der Waals surface area contributed by atoms with E-state index in [1.165, 1.54) is 6.07 Å². The second-order valence-electron chi connectivity index (χ2n) is 5.46. The van der Waals surface area contributed by atoms with Crippen molar-refractivity contribution in [3.05, 3.63) is 23.9 Å². The molecule has 1 amide bonds. The lowest BCUT2D eigenvalue weighted by molar-refractivity contribution is -0.137. The van der Waals surface area contributed by atoms with Crippen LogP contribution in [0.25, 0.3) is 0 Å². The highest BCUT2D eigenvalue weighted by molar-refractivity contribution is 5.85. The predicted molar refractivity (Wildman–Crippen MR) is 83.5 cm³/mol. The number of hydrogen-bond acceptors (Lipinski definition) is 4. The summed E-state index contributed by atoms with van der Waals surface area (Å²) in [6.45, 7) is 2.88. The van der Waals surface area contributed by atoms with Gasteiger partial charge in [0.15, 0.2) is 0 Å². The van der Waals surface area contributed by atoms with Gasteiger partial charge in [0, 0.05) is 25.3 Å². The summed E-state index contributed by atoms with van der Waals surface area (Å²) in [6.07, 6.45) is -2.11. The van der Waals surface area contributed by atoms with Gasteiger partial charge >= 0.3 is 6.18 Å². The first kappa shape index (κ1) is 19.5. The minimum absolute atomic E-state index is 0. The summed E-state index contributed by atoms with van der Waals surface area (Å²) in [4.78, 5) is 17.3. The lowest BCUT2D eigenvalue weighted by Crippen LogP contribution is -2.49. The molecule has 0 saturated carbocycles. The van der Waals surface area contributed by atoms with E-state index in [9.17, 15) is 18.0 Å². The summed E-state index contributed by atoms with van der Waals surface area (Å²) in [5.41, 5.74) is 4.74. The number of piperidine rings is 1. The molecule has 1 aromatic rings. The third kappa shape index (κ3) is 5.24. The number of nitrogens with one attached hydrogen (secondary N) is 1. The largest absolute Gasteiger partial charge is 0.417 e. The number of nitrogens with two attached hydrogens (primary N) is 1. The molecule has 9 heteroatoms. The number of aromatic nitrogens is 1. The van der Waals surface area contributed by atoms with Crippen molar-refractivity contribution < 1.29 is 18.0 Å². The third-order valence-electron chi connectivity index (χ3n) is 3.65. The van der Waals surface area contributed by atoms with Crippen LogP contribution in [0.4, 0.5) is 19.0 Å². The van der Waals surface area contributed by atoms with Crippen molar-refractivity contribution in [2.45, 2.75) is 38.0 Å². The number of carbonyl (C=O) groups excluding carboxylic acids is 1. The molecule has 0 aliphatic carbocycles. The zero-order valence-corrected chi connectivity index (χ0v) is 13.5. The Kier molecular flexibility index (Phi) is 6.64. The molecule has 2 rings (SSSR count). The molecular weight excluding hydrogens is 333 g/mol. The Hall–Kier alpha value is -1.54. The summed E-state index contributed by atoms with van der Waals surface area (Å²) in [7, 11) is 0. The highest BCUT2D eigenvalue weighted by Gasteiger charge is 2.31. The highest BCUT2D eigenvalue weighted by atomic mass is 35.5. The lowest BCUT2D eigenvalue weighted by Gasteiger charge is -2.33. The number of nitrogens with zero attached hydrogens (tertiary/aromatic N) is 2. The van der Waals surface area contributed by atoms with Crippen molar-refractivity contribution in [1.29, 1.82) is 0 Å². The van der Waals surface area contributed by atoms with Crippen LogP contribution < -0.4 is 16.0 Å². The van der Waals surface area contributed by atoms with Crippen molar-refractivity contribution >= 4 is 24.1 Å². The van der Waals surface area contributed by atoms with Crippen molar-refractivity contribution in [3.63, 3.8) is 0 Å². The number of amides is 1. The van der Waals surface area contributed by atoms with Crippen LogP contribution in [-0.4, -0.2) is 36.1 Å². The van der Waals surface area contributed by atoms with Crippen molar-refractivity contribution in [3.8, 4) is 0 Å². The molecule has 0 bridgehead atoms. The van der Waals surface area contributed by atoms with Gasteiger partial charge in [-0.2, -0.15) is 13.2 Å².